The molecule has 0 heterocycles. The molecule has 116 valence electrons. The number of rotatable bonds is 6. The highest BCUT2D eigenvalue weighted by atomic mass is 16.4. The lowest BCUT2D eigenvalue weighted by atomic mass is 9.68. The molecule has 0 aromatic carbocycles. The van der Waals surface area contributed by atoms with E-state index < -0.39 is 11.4 Å². The van der Waals surface area contributed by atoms with Gasteiger partial charge in [0, 0.05) is 0 Å². The molecule has 0 spiro atoms. The Bertz CT molecular complexity index is 600. The summed E-state index contributed by atoms with van der Waals surface area (Å²) in [5.41, 5.74) is 0.251. The third-order valence-electron chi connectivity index (χ3n) is 5.53. The SMILES string of the molecule is C#CC1(C(=O)O)CC1C(C=C)C1CC=C(C=CC=C)C1(C)C. The van der Waals surface area contributed by atoms with Crippen molar-refractivity contribution < 1.29 is 9.90 Å². The summed E-state index contributed by atoms with van der Waals surface area (Å²) in [5.74, 6) is 2.09. The Hall–Kier alpha value is -2.01. The summed E-state index contributed by atoms with van der Waals surface area (Å²) < 4.78 is 0. The van der Waals surface area contributed by atoms with Gasteiger partial charge >= 0.3 is 5.97 Å². The van der Waals surface area contributed by atoms with Crippen LogP contribution in [-0.2, 0) is 4.79 Å². The van der Waals surface area contributed by atoms with Gasteiger partial charge in [0.25, 0.3) is 0 Å². The number of carboxylic acids is 1. The molecule has 1 N–H and O–H groups in total. The van der Waals surface area contributed by atoms with Gasteiger partial charge in [0.05, 0.1) is 0 Å². The molecular formula is C20H24O2. The summed E-state index contributed by atoms with van der Waals surface area (Å²) in [6.45, 7) is 12.1. The summed E-state index contributed by atoms with van der Waals surface area (Å²) in [7, 11) is 0. The van der Waals surface area contributed by atoms with Crippen LogP contribution in [0.5, 0.6) is 0 Å². The molecule has 0 aromatic heterocycles. The molecule has 2 rings (SSSR count). The first kappa shape index (κ1) is 16.4. The second-order valence-corrected chi connectivity index (χ2v) is 6.86. The van der Waals surface area contributed by atoms with E-state index in [1.165, 1.54) is 5.57 Å². The normalized spacial score (nSPS) is 33.8. The van der Waals surface area contributed by atoms with Gasteiger partial charge in [0.15, 0.2) is 0 Å². The van der Waals surface area contributed by atoms with Crippen LogP contribution >= 0.6 is 0 Å². The molecule has 4 unspecified atom stereocenters. The molecule has 4 atom stereocenters. The fourth-order valence-electron chi connectivity index (χ4n) is 3.95. The van der Waals surface area contributed by atoms with Crippen LogP contribution in [0, 0.1) is 40.9 Å². The van der Waals surface area contributed by atoms with Crippen LogP contribution in [-0.4, -0.2) is 11.1 Å². The zero-order valence-corrected chi connectivity index (χ0v) is 13.4. The maximum atomic E-state index is 11.5. The molecule has 1 saturated carbocycles. The number of hydrogen-bond donors (Lipinski definition) is 1. The van der Waals surface area contributed by atoms with Crippen molar-refractivity contribution in [1.82, 2.24) is 0 Å². The first-order chi connectivity index (χ1) is 10.3. The molecule has 2 nitrogen and oxygen atoms in total. The van der Waals surface area contributed by atoms with Gasteiger partial charge in [-0.3, -0.25) is 4.79 Å². The molecule has 0 amide bonds. The quantitative estimate of drug-likeness (QED) is 0.452. The summed E-state index contributed by atoms with van der Waals surface area (Å²) in [6.07, 6.45) is 16.9. The number of terminal acetylenes is 1. The third-order valence-corrected chi connectivity index (χ3v) is 5.53. The highest BCUT2D eigenvalue weighted by molar-refractivity contribution is 5.83. The Kier molecular flexibility index (Phi) is 4.20. The van der Waals surface area contributed by atoms with Crippen molar-refractivity contribution in [2.45, 2.75) is 26.7 Å². The van der Waals surface area contributed by atoms with Gasteiger partial charge in [-0.1, -0.05) is 56.7 Å². The Balaban J connectivity index is 2.24. The Morgan fingerprint density at radius 2 is 2.18 bits per heavy atom. The van der Waals surface area contributed by atoms with E-state index in [4.69, 9.17) is 6.42 Å². The fraction of sp³-hybridized carbons (Fsp3) is 0.450. The third kappa shape index (κ3) is 2.35. The lowest BCUT2D eigenvalue weighted by Crippen LogP contribution is -2.30. The Morgan fingerprint density at radius 3 is 2.64 bits per heavy atom. The van der Waals surface area contributed by atoms with Crippen molar-refractivity contribution in [3.05, 3.63) is 49.1 Å². The van der Waals surface area contributed by atoms with Gasteiger partial charge in [-0.15, -0.1) is 13.0 Å². The van der Waals surface area contributed by atoms with Gasteiger partial charge in [0.1, 0.15) is 5.41 Å². The summed E-state index contributed by atoms with van der Waals surface area (Å²) in [6, 6.07) is 0. The topological polar surface area (TPSA) is 37.3 Å². The van der Waals surface area contributed by atoms with E-state index in [1.807, 2.05) is 12.2 Å². The van der Waals surface area contributed by atoms with E-state index in [0.29, 0.717) is 12.3 Å². The van der Waals surface area contributed by atoms with Gasteiger partial charge in [-0.05, 0) is 41.6 Å². The van der Waals surface area contributed by atoms with Crippen molar-refractivity contribution >= 4 is 5.97 Å². The van der Waals surface area contributed by atoms with E-state index in [0.717, 1.165) is 6.42 Å². The number of carboxylic acid groups (broad SMARTS) is 1. The average molecular weight is 296 g/mol. The molecule has 2 aliphatic rings. The predicted octanol–water partition coefficient (Wildman–Crippen LogP) is 4.23. The number of carbonyl (C=O) groups is 1. The van der Waals surface area contributed by atoms with Crippen LogP contribution in [0.3, 0.4) is 0 Å². The van der Waals surface area contributed by atoms with Crippen LogP contribution in [0.25, 0.3) is 0 Å². The molecule has 0 aliphatic heterocycles. The maximum absolute atomic E-state index is 11.5. The minimum absolute atomic E-state index is 0.00657. The second kappa shape index (κ2) is 5.65. The first-order valence-corrected chi connectivity index (χ1v) is 7.68. The zero-order valence-electron chi connectivity index (χ0n) is 13.4. The molecular weight excluding hydrogens is 272 g/mol. The van der Waals surface area contributed by atoms with E-state index in [9.17, 15) is 9.90 Å². The monoisotopic (exact) mass is 296 g/mol. The van der Waals surface area contributed by atoms with Gasteiger partial charge < -0.3 is 5.11 Å². The number of hydrogen-bond acceptors (Lipinski definition) is 1. The van der Waals surface area contributed by atoms with Crippen molar-refractivity contribution in [1.29, 1.82) is 0 Å². The molecule has 0 radical (unpaired) electrons. The van der Waals surface area contributed by atoms with Crippen LogP contribution in [0.4, 0.5) is 0 Å². The number of allylic oxidation sites excluding steroid dienone is 6. The number of aliphatic carboxylic acids is 1. The van der Waals surface area contributed by atoms with Crippen molar-refractivity contribution in [2.75, 3.05) is 0 Å². The minimum atomic E-state index is -0.991. The zero-order chi connectivity index (χ0) is 16.5. The lowest BCUT2D eigenvalue weighted by Gasteiger charge is -2.35. The van der Waals surface area contributed by atoms with Crippen LogP contribution in [0.15, 0.2) is 49.1 Å². The molecule has 0 aromatic rings. The molecule has 0 bridgehead atoms. The highest BCUT2D eigenvalue weighted by Crippen LogP contribution is 2.62. The summed E-state index contributed by atoms with van der Waals surface area (Å²) >= 11 is 0. The predicted molar refractivity (Wildman–Crippen MR) is 90.0 cm³/mol. The fourth-order valence-corrected chi connectivity index (χ4v) is 3.95. The first-order valence-electron chi connectivity index (χ1n) is 7.68. The van der Waals surface area contributed by atoms with Gasteiger partial charge in [0.2, 0.25) is 0 Å². The smallest absolute Gasteiger partial charge is 0.322 e. The Labute approximate surface area is 133 Å². The van der Waals surface area contributed by atoms with Crippen LogP contribution < -0.4 is 0 Å². The van der Waals surface area contributed by atoms with Crippen molar-refractivity contribution in [3.8, 4) is 12.3 Å². The summed E-state index contributed by atoms with van der Waals surface area (Å²) in [4.78, 5) is 11.5. The second-order valence-electron chi connectivity index (χ2n) is 6.86. The average Bonchev–Trinajstić information content (AvgIpc) is 3.14. The van der Waals surface area contributed by atoms with Crippen LogP contribution in [0.2, 0.25) is 0 Å². The minimum Gasteiger partial charge on any atom is -0.480 e. The van der Waals surface area contributed by atoms with Gasteiger partial charge in [-0.25, -0.2) is 0 Å². The summed E-state index contributed by atoms with van der Waals surface area (Å²) in [5, 5.41) is 9.45. The van der Waals surface area contributed by atoms with Crippen molar-refractivity contribution in [2.24, 2.45) is 28.6 Å². The molecule has 1 fully saturated rings. The standard InChI is InChI=1S/C20H24O2/c1-6-9-10-14-11-12-16(19(14,4)5)15(7-2)17-13-20(17,8-3)18(21)22/h3,6-7,9-11,15-17H,1-2,12-13H2,4-5H3,(H,21,22). The van der Waals surface area contributed by atoms with E-state index >= 15 is 0 Å². The largest absolute Gasteiger partial charge is 0.480 e. The van der Waals surface area contributed by atoms with Crippen molar-refractivity contribution in [3.63, 3.8) is 0 Å². The van der Waals surface area contributed by atoms with Crippen LogP contribution in [0.1, 0.15) is 26.7 Å². The van der Waals surface area contributed by atoms with E-state index in [2.05, 4.69) is 45.1 Å². The molecule has 22 heavy (non-hydrogen) atoms. The van der Waals surface area contributed by atoms with E-state index in [1.54, 1.807) is 6.08 Å². The molecule has 2 aliphatic carbocycles. The van der Waals surface area contributed by atoms with E-state index in [-0.39, 0.29) is 17.3 Å². The highest BCUT2D eigenvalue weighted by Gasteiger charge is 2.64. The van der Waals surface area contributed by atoms with Gasteiger partial charge in [-0.2, -0.15) is 0 Å². The maximum Gasteiger partial charge on any atom is 0.322 e. The molecule has 2 heteroatoms. The lowest BCUT2D eigenvalue weighted by molar-refractivity contribution is -0.141. The molecule has 0 saturated heterocycles. The Morgan fingerprint density at radius 1 is 1.50 bits per heavy atom.